The van der Waals surface area contributed by atoms with E-state index in [9.17, 15) is 0 Å². The second-order valence-corrected chi connectivity index (χ2v) is 2.49. The van der Waals surface area contributed by atoms with E-state index >= 15 is 0 Å². The highest BCUT2D eigenvalue weighted by Crippen LogP contribution is 1.89. The number of rotatable bonds is 8. The van der Waals surface area contributed by atoms with Gasteiger partial charge in [0.05, 0.1) is 19.3 Å². The Balaban J connectivity index is 2.90. The lowest BCUT2D eigenvalue weighted by atomic mass is 10.3. The molecule has 0 spiro atoms. The molecule has 0 aliphatic rings. The van der Waals surface area contributed by atoms with Crippen molar-refractivity contribution in [1.29, 1.82) is 0 Å². The Hall–Kier alpha value is -0.160. The molecule has 4 nitrogen and oxygen atoms in total. The van der Waals surface area contributed by atoms with Crippen LogP contribution in [-0.4, -0.2) is 44.2 Å². The van der Waals surface area contributed by atoms with Crippen molar-refractivity contribution in [1.82, 2.24) is 0 Å². The van der Waals surface area contributed by atoms with Gasteiger partial charge in [-0.1, -0.05) is 0 Å². The van der Waals surface area contributed by atoms with Crippen molar-refractivity contribution in [2.45, 2.75) is 19.4 Å². The van der Waals surface area contributed by atoms with Crippen LogP contribution in [0.4, 0.5) is 0 Å². The third-order valence-corrected chi connectivity index (χ3v) is 1.44. The molecule has 0 aromatic rings. The first-order chi connectivity index (χ1) is 5.81. The van der Waals surface area contributed by atoms with Gasteiger partial charge in [-0.25, -0.2) is 0 Å². The average molecular weight is 177 g/mol. The third-order valence-electron chi connectivity index (χ3n) is 1.44. The maximum absolute atomic E-state index is 9.02. The van der Waals surface area contributed by atoms with Gasteiger partial charge in [0.1, 0.15) is 0 Å². The van der Waals surface area contributed by atoms with E-state index in [2.05, 4.69) is 0 Å². The van der Waals surface area contributed by atoms with E-state index in [0.717, 1.165) is 6.61 Å². The summed E-state index contributed by atoms with van der Waals surface area (Å²) in [6.07, 6.45) is 0.167. The Labute approximate surface area is 73.7 Å². The number of aliphatic hydroxyl groups excluding tert-OH is 1. The molecule has 0 amide bonds. The van der Waals surface area contributed by atoms with E-state index in [4.69, 9.17) is 20.3 Å². The van der Waals surface area contributed by atoms with Crippen molar-refractivity contribution < 1.29 is 14.6 Å². The molecule has 0 aliphatic heterocycles. The summed E-state index contributed by atoms with van der Waals surface area (Å²) >= 11 is 0. The highest BCUT2D eigenvalue weighted by atomic mass is 16.5. The molecule has 3 N–H and O–H groups in total. The van der Waals surface area contributed by atoms with Crippen LogP contribution in [0.5, 0.6) is 0 Å². The smallest absolute Gasteiger partial charge is 0.0700 e. The standard InChI is InChI=1S/C8H19NO3/c1-2-11-5-6-12-4-3-8(10)7-9/h8,10H,2-7,9H2,1H3. The largest absolute Gasteiger partial charge is 0.392 e. The van der Waals surface area contributed by atoms with Gasteiger partial charge in [0.2, 0.25) is 0 Å². The summed E-state index contributed by atoms with van der Waals surface area (Å²) < 4.78 is 10.2. The Morgan fingerprint density at radius 3 is 2.50 bits per heavy atom. The van der Waals surface area contributed by atoms with Gasteiger partial charge in [-0.3, -0.25) is 0 Å². The molecule has 0 aromatic heterocycles. The van der Waals surface area contributed by atoms with Crippen molar-refractivity contribution in [3.05, 3.63) is 0 Å². The van der Waals surface area contributed by atoms with E-state index in [1.165, 1.54) is 0 Å². The average Bonchev–Trinajstić information content (AvgIpc) is 2.10. The first-order valence-electron chi connectivity index (χ1n) is 4.34. The van der Waals surface area contributed by atoms with Gasteiger partial charge >= 0.3 is 0 Å². The van der Waals surface area contributed by atoms with Gasteiger partial charge < -0.3 is 20.3 Å². The number of hydrogen-bond donors (Lipinski definition) is 2. The Kier molecular flexibility index (Phi) is 8.81. The van der Waals surface area contributed by atoms with Crippen LogP contribution in [0.25, 0.3) is 0 Å². The number of aliphatic hydroxyl groups is 1. The normalized spacial score (nSPS) is 13.2. The summed E-state index contributed by atoms with van der Waals surface area (Å²) in [7, 11) is 0. The molecule has 1 unspecified atom stereocenters. The first kappa shape index (κ1) is 11.8. The van der Waals surface area contributed by atoms with Crippen LogP contribution < -0.4 is 5.73 Å². The summed E-state index contributed by atoms with van der Waals surface area (Å²) in [6, 6.07) is 0. The Bertz CT molecular complexity index is 90.4. The third kappa shape index (κ3) is 7.94. The summed E-state index contributed by atoms with van der Waals surface area (Å²) in [5.74, 6) is 0. The summed E-state index contributed by atoms with van der Waals surface area (Å²) in [5.41, 5.74) is 5.20. The van der Waals surface area contributed by atoms with Gasteiger partial charge in [-0.2, -0.15) is 0 Å². The molecule has 0 aliphatic carbocycles. The lowest BCUT2D eigenvalue weighted by molar-refractivity contribution is 0.0372. The van der Waals surface area contributed by atoms with Crippen LogP contribution in [0.3, 0.4) is 0 Å². The van der Waals surface area contributed by atoms with Gasteiger partial charge in [-0.05, 0) is 13.3 Å². The molecule has 0 saturated carbocycles. The maximum Gasteiger partial charge on any atom is 0.0700 e. The van der Waals surface area contributed by atoms with Gasteiger partial charge in [0, 0.05) is 19.8 Å². The number of ether oxygens (including phenoxy) is 2. The molecular formula is C8H19NO3. The fraction of sp³-hybridized carbons (Fsp3) is 1.00. The van der Waals surface area contributed by atoms with E-state index in [1.807, 2.05) is 6.92 Å². The second-order valence-electron chi connectivity index (χ2n) is 2.49. The van der Waals surface area contributed by atoms with Crippen LogP contribution >= 0.6 is 0 Å². The van der Waals surface area contributed by atoms with E-state index in [1.54, 1.807) is 0 Å². The molecule has 0 saturated heterocycles. The minimum atomic E-state index is -0.433. The van der Waals surface area contributed by atoms with Crippen molar-refractivity contribution in [2.75, 3.05) is 33.0 Å². The maximum atomic E-state index is 9.02. The topological polar surface area (TPSA) is 64.7 Å². The van der Waals surface area contributed by atoms with Crippen LogP contribution in [-0.2, 0) is 9.47 Å². The minimum Gasteiger partial charge on any atom is -0.392 e. The van der Waals surface area contributed by atoms with Crippen LogP contribution in [0, 0.1) is 0 Å². The number of hydrogen-bond acceptors (Lipinski definition) is 4. The predicted molar refractivity (Wildman–Crippen MR) is 47.0 cm³/mol. The van der Waals surface area contributed by atoms with Crippen molar-refractivity contribution in [3.8, 4) is 0 Å². The molecule has 0 rings (SSSR count). The molecule has 74 valence electrons. The van der Waals surface area contributed by atoms with Crippen molar-refractivity contribution in [2.24, 2.45) is 5.73 Å². The van der Waals surface area contributed by atoms with Crippen LogP contribution in [0.1, 0.15) is 13.3 Å². The second kappa shape index (κ2) is 8.93. The molecule has 0 bridgehead atoms. The van der Waals surface area contributed by atoms with Gasteiger partial charge in [0.25, 0.3) is 0 Å². The van der Waals surface area contributed by atoms with Crippen LogP contribution in [0.15, 0.2) is 0 Å². The lowest BCUT2D eigenvalue weighted by Gasteiger charge is -2.07. The van der Waals surface area contributed by atoms with Gasteiger partial charge in [0.15, 0.2) is 0 Å². The predicted octanol–water partition coefficient (Wildman–Crippen LogP) is -0.251. The molecular weight excluding hydrogens is 158 g/mol. The number of nitrogens with two attached hydrogens (primary N) is 1. The van der Waals surface area contributed by atoms with Gasteiger partial charge in [-0.15, -0.1) is 0 Å². The zero-order valence-electron chi connectivity index (χ0n) is 7.66. The first-order valence-corrected chi connectivity index (χ1v) is 4.34. The molecule has 0 aromatic carbocycles. The SMILES string of the molecule is CCOCCOCCC(O)CN. The molecule has 0 radical (unpaired) electrons. The minimum absolute atomic E-state index is 0.300. The summed E-state index contributed by atoms with van der Waals surface area (Å²) in [5, 5.41) is 9.02. The zero-order valence-corrected chi connectivity index (χ0v) is 7.66. The van der Waals surface area contributed by atoms with E-state index < -0.39 is 6.10 Å². The fourth-order valence-electron chi connectivity index (χ4n) is 0.701. The van der Waals surface area contributed by atoms with Crippen LogP contribution in [0.2, 0.25) is 0 Å². The molecule has 0 heterocycles. The summed E-state index contributed by atoms with van der Waals surface area (Å²) in [6.45, 7) is 4.72. The van der Waals surface area contributed by atoms with Crippen molar-refractivity contribution >= 4 is 0 Å². The lowest BCUT2D eigenvalue weighted by Crippen LogP contribution is -2.21. The monoisotopic (exact) mass is 177 g/mol. The Morgan fingerprint density at radius 1 is 1.25 bits per heavy atom. The molecule has 0 fully saturated rings. The molecule has 4 heteroatoms. The highest BCUT2D eigenvalue weighted by molar-refractivity contribution is 4.53. The van der Waals surface area contributed by atoms with E-state index in [0.29, 0.717) is 32.8 Å². The van der Waals surface area contributed by atoms with Crippen molar-refractivity contribution in [3.63, 3.8) is 0 Å². The zero-order chi connectivity index (χ0) is 9.23. The molecule has 12 heavy (non-hydrogen) atoms. The quantitative estimate of drug-likeness (QED) is 0.502. The summed E-state index contributed by atoms with van der Waals surface area (Å²) in [4.78, 5) is 0. The Morgan fingerprint density at radius 2 is 1.92 bits per heavy atom. The molecule has 1 atom stereocenters. The highest BCUT2D eigenvalue weighted by Gasteiger charge is 1.99. The fourth-order valence-corrected chi connectivity index (χ4v) is 0.701. The van der Waals surface area contributed by atoms with E-state index in [-0.39, 0.29) is 0 Å².